The average Bonchev–Trinajstić information content (AvgIpc) is 3.15. The molecule has 29 heavy (non-hydrogen) atoms. The quantitative estimate of drug-likeness (QED) is 0.631. The number of halogens is 1. The van der Waals surface area contributed by atoms with Crippen molar-refractivity contribution in [2.45, 2.75) is 13.0 Å². The van der Waals surface area contributed by atoms with Crippen molar-refractivity contribution in [3.05, 3.63) is 76.5 Å². The van der Waals surface area contributed by atoms with E-state index in [1.54, 1.807) is 23.7 Å². The molecule has 150 valence electrons. The number of thiazole rings is 1. The lowest BCUT2D eigenvalue weighted by molar-refractivity contribution is 0.0766. The largest absolute Gasteiger partial charge is 0.487 e. The minimum Gasteiger partial charge on any atom is -0.487 e. The van der Waals surface area contributed by atoms with Crippen LogP contribution >= 0.6 is 11.3 Å². The maximum atomic E-state index is 13.2. The summed E-state index contributed by atoms with van der Waals surface area (Å²) in [5.41, 5.74) is 4.25. The summed E-state index contributed by atoms with van der Waals surface area (Å²) in [4.78, 5) is 21.3. The van der Waals surface area contributed by atoms with Crippen LogP contribution in [0, 0.1) is 5.82 Å². The first-order valence-corrected chi connectivity index (χ1v) is 10.5. The molecule has 0 aliphatic carbocycles. The summed E-state index contributed by atoms with van der Waals surface area (Å²) in [6.07, 6.45) is 0.864. The van der Waals surface area contributed by atoms with Gasteiger partial charge < -0.3 is 14.5 Å². The lowest BCUT2D eigenvalue weighted by Crippen LogP contribution is -2.35. The van der Waals surface area contributed by atoms with Crippen LogP contribution < -0.4 is 9.64 Å². The molecule has 1 fully saturated rings. The van der Waals surface area contributed by atoms with E-state index >= 15 is 0 Å². The Morgan fingerprint density at radius 3 is 2.76 bits per heavy atom. The van der Waals surface area contributed by atoms with Gasteiger partial charge in [-0.25, -0.2) is 9.37 Å². The van der Waals surface area contributed by atoms with E-state index in [2.05, 4.69) is 9.88 Å². The summed E-state index contributed by atoms with van der Waals surface area (Å²) >= 11 is 1.53. The molecular formula is C22H22FN3O2S. The highest BCUT2D eigenvalue weighted by molar-refractivity contribution is 7.07. The van der Waals surface area contributed by atoms with Crippen LogP contribution in [0.3, 0.4) is 0 Å². The summed E-state index contributed by atoms with van der Waals surface area (Å²) in [7, 11) is 0. The molecule has 7 heteroatoms. The SMILES string of the molecule is O=C(c1cccc(OCc2cscn2)c1)N1CCCN(c2ccc(F)cc2)CC1. The van der Waals surface area contributed by atoms with E-state index in [1.807, 2.05) is 28.5 Å². The molecule has 0 bridgehead atoms. The third-order valence-electron chi connectivity index (χ3n) is 4.93. The summed E-state index contributed by atoms with van der Waals surface area (Å²) in [5, 5.41) is 1.94. The molecule has 1 amide bonds. The van der Waals surface area contributed by atoms with Gasteiger partial charge in [0.05, 0.1) is 11.2 Å². The van der Waals surface area contributed by atoms with Gasteiger partial charge in [0.25, 0.3) is 5.91 Å². The van der Waals surface area contributed by atoms with E-state index in [9.17, 15) is 9.18 Å². The molecule has 0 unspecified atom stereocenters. The van der Waals surface area contributed by atoms with Gasteiger partial charge in [0, 0.05) is 42.8 Å². The Hall–Kier alpha value is -2.93. The maximum Gasteiger partial charge on any atom is 0.254 e. The summed E-state index contributed by atoms with van der Waals surface area (Å²) in [5.74, 6) is 0.425. The van der Waals surface area contributed by atoms with Crippen molar-refractivity contribution in [2.75, 3.05) is 31.1 Å². The van der Waals surface area contributed by atoms with Crippen LogP contribution in [-0.4, -0.2) is 42.0 Å². The molecular weight excluding hydrogens is 389 g/mol. The number of hydrogen-bond donors (Lipinski definition) is 0. The van der Waals surface area contributed by atoms with E-state index in [0.29, 0.717) is 31.0 Å². The van der Waals surface area contributed by atoms with E-state index in [-0.39, 0.29) is 11.7 Å². The number of rotatable bonds is 5. The van der Waals surface area contributed by atoms with E-state index in [4.69, 9.17) is 4.74 Å². The topological polar surface area (TPSA) is 45.7 Å². The van der Waals surface area contributed by atoms with Crippen LogP contribution in [0.15, 0.2) is 59.4 Å². The predicted molar refractivity (Wildman–Crippen MR) is 112 cm³/mol. The summed E-state index contributed by atoms with van der Waals surface area (Å²) in [6, 6.07) is 13.8. The van der Waals surface area contributed by atoms with Crippen LogP contribution in [0.4, 0.5) is 10.1 Å². The third-order valence-corrected chi connectivity index (χ3v) is 5.56. The Kier molecular flexibility index (Phi) is 6.05. The van der Waals surface area contributed by atoms with Gasteiger partial charge in [-0.15, -0.1) is 11.3 Å². The van der Waals surface area contributed by atoms with E-state index < -0.39 is 0 Å². The fourth-order valence-electron chi connectivity index (χ4n) is 3.40. The third kappa shape index (κ3) is 4.92. The van der Waals surface area contributed by atoms with Crippen LogP contribution in [0.5, 0.6) is 5.75 Å². The minimum absolute atomic E-state index is 0.00469. The molecule has 0 spiro atoms. The van der Waals surface area contributed by atoms with Gasteiger partial charge in [-0.3, -0.25) is 4.79 Å². The number of ether oxygens (including phenoxy) is 1. The van der Waals surface area contributed by atoms with Crippen LogP contribution in [0.1, 0.15) is 22.5 Å². The molecule has 1 aromatic heterocycles. The normalized spacial score (nSPS) is 14.5. The molecule has 0 N–H and O–H groups in total. The van der Waals surface area contributed by atoms with Crippen molar-refractivity contribution < 1.29 is 13.9 Å². The summed E-state index contributed by atoms with van der Waals surface area (Å²) in [6.45, 7) is 3.27. The molecule has 1 saturated heterocycles. The molecule has 5 nitrogen and oxygen atoms in total. The second-order valence-corrected chi connectivity index (χ2v) is 7.62. The van der Waals surface area contributed by atoms with Gasteiger partial charge in [-0.2, -0.15) is 0 Å². The maximum absolute atomic E-state index is 13.2. The standard InChI is InChI=1S/C22H22FN3O2S/c23-18-5-7-20(8-6-18)25-9-2-10-26(12-11-25)22(27)17-3-1-4-21(13-17)28-14-19-15-29-16-24-19/h1,3-8,13,15-16H,2,9-12,14H2. The van der Waals surface area contributed by atoms with Gasteiger partial charge in [0.15, 0.2) is 0 Å². The predicted octanol–water partition coefficient (Wildman–Crippen LogP) is 4.21. The van der Waals surface area contributed by atoms with Crippen molar-refractivity contribution in [1.82, 2.24) is 9.88 Å². The monoisotopic (exact) mass is 411 g/mol. The van der Waals surface area contributed by atoms with Crippen molar-refractivity contribution in [2.24, 2.45) is 0 Å². The zero-order chi connectivity index (χ0) is 20.1. The van der Waals surface area contributed by atoms with Crippen molar-refractivity contribution >= 4 is 22.9 Å². The second kappa shape index (κ2) is 9.05. The van der Waals surface area contributed by atoms with Gasteiger partial charge in [-0.1, -0.05) is 6.07 Å². The Labute approximate surface area is 173 Å². The molecule has 2 heterocycles. The number of carbonyl (C=O) groups is 1. The summed E-state index contributed by atoms with van der Waals surface area (Å²) < 4.78 is 18.9. The highest BCUT2D eigenvalue weighted by Crippen LogP contribution is 2.20. The average molecular weight is 412 g/mol. The fraction of sp³-hybridized carbons (Fsp3) is 0.273. The van der Waals surface area contributed by atoms with E-state index in [1.165, 1.54) is 23.5 Å². The molecule has 1 aliphatic rings. The van der Waals surface area contributed by atoms with Crippen molar-refractivity contribution in [3.8, 4) is 5.75 Å². The lowest BCUT2D eigenvalue weighted by atomic mass is 10.2. The van der Waals surface area contributed by atoms with Crippen molar-refractivity contribution in [1.29, 1.82) is 0 Å². The molecule has 3 aromatic rings. The second-order valence-electron chi connectivity index (χ2n) is 6.91. The Bertz CT molecular complexity index is 947. The van der Waals surface area contributed by atoms with Crippen LogP contribution in [0.25, 0.3) is 0 Å². The molecule has 0 saturated carbocycles. The first-order chi connectivity index (χ1) is 14.2. The number of aromatic nitrogens is 1. The number of hydrogen-bond acceptors (Lipinski definition) is 5. The van der Waals surface area contributed by atoms with Crippen LogP contribution in [0.2, 0.25) is 0 Å². The molecule has 4 rings (SSSR count). The number of anilines is 1. The number of benzene rings is 2. The first kappa shape index (κ1) is 19.4. The Balaban J connectivity index is 1.39. The number of nitrogens with zero attached hydrogens (tertiary/aromatic N) is 3. The van der Waals surface area contributed by atoms with E-state index in [0.717, 1.165) is 30.9 Å². The van der Waals surface area contributed by atoms with Gasteiger partial charge in [0.2, 0.25) is 0 Å². The van der Waals surface area contributed by atoms with Crippen LogP contribution in [-0.2, 0) is 6.61 Å². The molecule has 1 aliphatic heterocycles. The fourth-order valence-corrected chi connectivity index (χ4v) is 3.94. The zero-order valence-corrected chi connectivity index (χ0v) is 16.8. The minimum atomic E-state index is -0.239. The Morgan fingerprint density at radius 1 is 1.10 bits per heavy atom. The number of amides is 1. The molecule has 0 atom stereocenters. The highest BCUT2D eigenvalue weighted by atomic mass is 32.1. The highest BCUT2D eigenvalue weighted by Gasteiger charge is 2.21. The Morgan fingerprint density at radius 2 is 1.97 bits per heavy atom. The molecule has 0 radical (unpaired) electrons. The van der Waals surface area contributed by atoms with Crippen molar-refractivity contribution in [3.63, 3.8) is 0 Å². The van der Waals surface area contributed by atoms with Gasteiger partial charge in [0.1, 0.15) is 18.2 Å². The zero-order valence-electron chi connectivity index (χ0n) is 16.0. The first-order valence-electron chi connectivity index (χ1n) is 9.59. The smallest absolute Gasteiger partial charge is 0.254 e. The molecule has 2 aromatic carbocycles. The van der Waals surface area contributed by atoms with Gasteiger partial charge in [-0.05, 0) is 48.9 Å². The van der Waals surface area contributed by atoms with Gasteiger partial charge >= 0.3 is 0 Å². The lowest BCUT2D eigenvalue weighted by Gasteiger charge is -2.24. The number of carbonyl (C=O) groups excluding carboxylic acids is 1.